The topological polar surface area (TPSA) is 40.5 Å². The quantitative estimate of drug-likeness (QED) is 0.693. The smallest absolute Gasteiger partial charge is 0.104 e. The van der Waals surface area contributed by atoms with Crippen molar-refractivity contribution in [3.8, 4) is 23.7 Å². The summed E-state index contributed by atoms with van der Waals surface area (Å²) in [4.78, 5) is 0. The Morgan fingerprint density at radius 2 is 2.17 bits per heavy atom. The summed E-state index contributed by atoms with van der Waals surface area (Å²) in [6, 6.07) is 0. The minimum absolute atomic E-state index is 0.0522. The Morgan fingerprint density at radius 3 is 2.83 bits per heavy atom. The molecule has 96 valence electrons. The maximum absolute atomic E-state index is 9.18. The number of aliphatic hydroxyl groups is 2. The van der Waals surface area contributed by atoms with Crippen molar-refractivity contribution in [2.24, 2.45) is 5.41 Å². The van der Waals surface area contributed by atoms with E-state index in [0.717, 1.165) is 30.4 Å². The molecular weight excluding hydrogens is 224 g/mol. The van der Waals surface area contributed by atoms with Crippen LogP contribution in [0.3, 0.4) is 0 Å². The van der Waals surface area contributed by atoms with Crippen LogP contribution in [-0.4, -0.2) is 23.4 Å². The minimum Gasteiger partial charge on any atom is -0.395 e. The van der Waals surface area contributed by atoms with E-state index < -0.39 is 0 Å². The predicted molar refractivity (Wildman–Crippen MR) is 73.5 cm³/mol. The Morgan fingerprint density at radius 1 is 1.39 bits per heavy atom. The molecule has 0 aliphatic heterocycles. The molecule has 0 spiro atoms. The number of allylic oxidation sites excluding steroid dienone is 4. The average Bonchev–Trinajstić information content (AvgIpc) is 2.38. The zero-order valence-corrected chi connectivity index (χ0v) is 11.1. The molecule has 0 fully saturated rings. The van der Waals surface area contributed by atoms with Crippen molar-refractivity contribution in [3.63, 3.8) is 0 Å². The van der Waals surface area contributed by atoms with Gasteiger partial charge in [-0.25, -0.2) is 0 Å². The van der Waals surface area contributed by atoms with E-state index in [9.17, 15) is 5.11 Å². The minimum atomic E-state index is -0.375. The van der Waals surface area contributed by atoms with Gasteiger partial charge >= 0.3 is 0 Å². The van der Waals surface area contributed by atoms with Crippen LogP contribution in [0.4, 0.5) is 0 Å². The summed E-state index contributed by atoms with van der Waals surface area (Å²) in [5.74, 6) is 11.7. The molecule has 1 aliphatic carbocycles. The van der Waals surface area contributed by atoms with E-state index in [-0.39, 0.29) is 18.6 Å². The van der Waals surface area contributed by atoms with E-state index in [1.807, 2.05) is 19.9 Å². The van der Waals surface area contributed by atoms with Crippen LogP contribution in [0.15, 0.2) is 23.3 Å². The van der Waals surface area contributed by atoms with Crippen LogP contribution in [0, 0.1) is 29.1 Å². The highest BCUT2D eigenvalue weighted by Crippen LogP contribution is 2.24. The van der Waals surface area contributed by atoms with E-state index >= 15 is 0 Å². The maximum atomic E-state index is 9.18. The molecule has 1 aliphatic rings. The van der Waals surface area contributed by atoms with Crippen molar-refractivity contribution < 1.29 is 10.2 Å². The lowest BCUT2D eigenvalue weighted by Crippen LogP contribution is -2.13. The summed E-state index contributed by atoms with van der Waals surface area (Å²) in [6.07, 6.45) is 7.08. The monoisotopic (exact) mass is 244 g/mol. The molecular formula is C16H20O2. The first kappa shape index (κ1) is 14.6. The molecule has 18 heavy (non-hydrogen) atoms. The number of rotatable bonds is 1. The molecule has 0 saturated carbocycles. The van der Waals surface area contributed by atoms with Crippen molar-refractivity contribution in [1.82, 2.24) is 0 Å². The lowest BCUT2D eigenvalue weighted by molar-refractivity contribution is 0.206. The second-order valence-electron chi connectivity index (χ2n) is 4.95. The van der Waals surface area contributed by atoms with Crippen molar-refractivity contribution in [3.05, 3.63) is 23.3 Å². The predicted octanol–water partition coefficient (Wildman–Crippen LogP) is 2.04. The maximum Gasteiger partial charge on any atom is 0.104 e. The second kappa shape index (κ2) is 7.07. The summed E-state index contributed by atoms with van der Waals surface area (Å²) in [5.41, 5.74) is 1.76. The fourth-order valence-electron chi connectivity index (χ4n) is 1.55. The van der Waals surface area contributed by atoms with Crippen LogP contribution in [0.2, 0.25) is 0 Å². The summed E-state index contributed by atoms with van der Waals surface area (Å²) in [7, 11) is 0. The normalized spacial score (nSPS) is 17.3. The van der Waals surface area contributed by atoms with Crippen LogP contribution in [-0.2, 0) is 0 Å². The fourth-order valence-corrected chi connectivity index (χ4v) is 1.55. The van der Waals surface area contributed by atoms with Crippen molar-refractivity contribution in [2.45, 2.75) is 33.1 Å². The highest BCUT2D eigenvalue weighted by atomic mass is 16.3. The molecule has 0 bridgehead atoms. The molecule has 0 aromatic carbocycles. The van der Waals surface area contributed by atoms with Crippen LogP contribution in [0.5, 0.6) is 0 Å². The standard InChI is InChI=1S/C16H20O2/c1-16(2,13-18)11-10-15-8-4-3-7-14(15)9-5-6-12-17/h8-9,17-18H,3-4,7,12-13H2,1-2H3/b14-9-. The van der Waals surface area contributed by atoms with Crippen LogP contribution >= 0.6 is 0 Å². The molecule has 2 N–H and O–H groups in total. The van der Waals surface area contributed by atoms with Crippen molar-refractivity contribution in [1.29, 1.82) is 0 Å². The van der Waals surface area contributed by atoms with Gasteiger partial charge in [0.2, 0.25) is 0 Å². The van der Waals surface area contributed by atoms with E-state index in [0.29, 0.717) is 0 Å². The van der Waals surface area contributed by atoms with Gasteiger partial charge in [0.25, 0.3) is 0 Å². The summed E-state index contributed by atoms with van der Waals surface area (Å²) >= 11 is 0. The third-order valence-electron chi connectivity index (χ3n) is 2.70. The van der Waals surface area contributed by atoms with Gasteiger partial charge in [-0.1, -0.05) is 29.8 Å². The molecule has 1 rings (SSSR count). The number of hydrogen-bond donors (Lipinski definition) is 2. The Balaban J connectivity index is 2.91. The van der Waals surface area contributed by atoms with E-state index in [4.69, 9.17) is 5.11 Å². The van der Waals surface area contributed by atoms with Gasteiger partial charge in [0.05, 0.1) is 6.61 Å². The lowest BCUT2D eigenvalue weighted by Gasteiger charge is -2.14. The molecule has 0 atom stereocenters. The van der Waals surface area contributed by atoms with Crippen molar-refractivity contribution >= 4 is 0 Å². The Hall–Kier alpha value is -1.48. The highest BCUT2D eigenvalue weighted by Gasteiger charge is 2.13. The first-order valence-electron chi connectivity index (χ1n) is 6.22. The summed E-state index contributed by atoms with van der Waals surface area (Å²) < 4.78 is 0. The Labute approximate surface area is 109 Å². The number of hydrogen-bond acceptors (Lipinski definition) is 2. The van der Waals surface area contributed by atoms with Gasteiger partial charge in [0.15, 0.2) is 0 Å². The zero-order valence-electron chi connectivity index (χ0n) is 11.1. The van der Waals surface area contributed by atoms with E-state index in [2.05, 4.69) is 29.8 Å². The second-order valence-corrected chi connectivity index (χ2v) is 4.95. The van der Waals surface area contributed by atoms with Gasteiger partial charge in [-0.3, -0.25) is 0 Å². The van der Waals surface area contributed by atoms with Gasteiger partial charge in [-0.15, -0.1) is 0 Å². The largest absolute Gasteiger partial charge is 0.395 e. The van der Waals surface area contributed by atoms with E-state index in [1.54, 1.807) is 0 Å². The lowest BCUT2D eigenvalue weighted by atomic mass is 9.91. The Bertz CT molecular complexity index is 459. The fraction of sp³-hybridized carbons (Fsp3) is 0.500. The van der Waals surface area contributed by atoms with Crippen LogP contribution in [0.25, 0.3) is 0 Å². The zero-order chi connectivity index (χ0) is 13.4. The molecule has 0 heterocycles. The SMILES string of the molecule is CC(C)(C#CC1=CCCC/C1=C/C#CCO)CO. The third kappa shape index (κ3) is 4.80. The first-order valence-corrected chi connectivity index (χ1v) is 6.22. The van der Waals surface area contributed by atoms with Gasteiger partial charge in [0, 0.05) is 11.0 Å². The highest BCUT2D eigenvalue weighted by molar-refractivity contribution is 5.49. The first-order chi connectivity index (χ1) is 8.59. The molecule has 2 heteroatoms. The van der Waals surface area contributed by atoms with Gasteiger partial charge in [0.1, 0.15) is 6.61 Å². The molecule has 0 amide bonds. The molecule has 0 aromatic rings. The van der Waals surface area contributed by atoms with Crippen LogP contribution in [0.1, 0.15) is 33.1 Å². The van der Waals surface area contributed by atoms with Crippen molar-refractivity contribution in [2.75, 3.05) is 13.2 Å². The number of aliphatic hydroxyl groups excluding tert-OH is 2. The average molecular weight is 244 g/mol. The molecule has 2 nitrogen and oxygen atoms in total. The summed E-state index contributed by atoms with van der Waals surface area (Å²) in [6.45, 7) is 3.76. The third-order valence-corrected chi connectivity index (χ3v) is 2.70. The van der Waals surface area contributed by atoms with E-state index in [1.165, 1.54) is 0 Å². The molecule has 0 unspecified atom stereocenters. The molecule has 0 radical (unpaired) electrons. The van der Waals surface area contributed by atoms with Gasteiger partial charge < -0.3 is 10.2 Å². The van der Waals surface area contributed by atoms with Crippen LogP contribution < -0.4 is 0 Å². The molecule has 0 aromatic heterocycles. The Kier molecular flexibility index (Phi) is 5.72. The molecule has 0 saturated heterocycles. The van der Waals surface area contributed by atoms with Gasteiger partial charge in [-0.2, -0.15) is 0 Å². The summed E-state index contributed by atoms with van der Waals surface area (Å²) in [5, 5.41) is 17.8. The van der Waals surface area contributed by atoms with Gasteiger partial charge in [-0.05, 0) is 44.8 Å².